The Morgan fingerprint density at radius 1 is 1.00 bits per heavy atom. The highest BCUT2D eigenvalue weighted by Gasteiger charge is 2.19. The van der Waals surface area contributed by atoms with Gasteiger partial charge in [-0.25, -0.2) is 4.98 Å². The molecule has 0 amide bonds. The molecule has 0 saturated heterocycles. The van der Waals surface area contributed by atoms with Crippen LogP contribution in [-0.4, -0.2) is 29.8 Å². The average Bonchev–Trinajstić information content (AvgIpc) is 3.06. The second-order valence-corrected chi connectivity index (χ2v) is 14.2. The highest BCUT2D eigenvalue weighted by atomic mass is 35.5. The highest BCUT2D eigenvalue weighted by Crippen LogP contribution is 2.40. The number of nitrogens with one attached hydrogen (secondary N) is 2. The molecule has 4 rings (SSSR count). The van der Waals surface area contributed by atoms with Crippen LogP contribution >= 0.6 is 30.3 Å². The van der Waals surface area contributed by atoms with E-state index in [0.29, 0.717) is 32.8 Å². The number of nitrogens with two attached hydrogens (primary N) is 1. The third kappa shape index (κ3) is 7.70. The van der Waals surface area contributed by atoms with Gasteiger partial charge in [-0.1, -0.05) is 48.5 Å². The topological polar surface area (TPSA) is 92.9 Å². The van der Waals surface area contributed by atoms with E-state index >= 15 is 0 Å². The molecule has 2 aromatic carbocycles. The highest BCUT2D eigenvalue weighted by molar-refractivity contribution is 7.70. The average molecular weight is 561 g/mol. The summed E-state index contributed by atoms with van der Waals surface area (Å²) in [5, 5.41) is 8.10. The summed E-state index contributed by atoms with van der Waals surface area (Å²) in [6.45, 7) is 4.21. The van der Waals surface area contributed by atoms with Crippen molar-refractivity contribution in [2.75, 3.05) is 30.5 Å². The molecule has 3 aromatic rings. The largest absolute Gasteiger partial charge is 0.338 e. The van der Waals surface area contributed by atoms with E-state index in [1.807, 2.05) is 0 Å². The summed E-state index contributed by atoms with van der Waals surface area (Å²) in [6, 6.07) is 11.8. The summed E-state index contributed by atoms with van der Waals surface area (Å²) in [6.07, 6.45) is 11.2. The van der Waals surface area contributed by atoms with Gasteiger partial charge in [-0.05, 0) is 99.4 Å². The van der Waals surface area contributed by atoms with Crippen LogP contribution in [0, 0.1) is 5.92 Å². The van der Waals surface area contributed by atoms with Crippen LogP contribution in [0.5, 0.6) is 0 Å². The third-order valence-corrected chi connectivity index (χ3v) is 9.00. The summed E-state index contributed by atoms with van der Waals surface area (Å²) in [5.41, 5.74) is 10.1. The van der Waals surface area contributed by atoms with E-state index < -0.39 is 7.14 Å². The van der Waals surface area contributed by atoms with Crippen LogP contribution in [-0.2, 0) is 17.4 Å². The van der Waals surface area contributed by atoms with E-state index in [9.17, 15) is 4.57 Å². The first-order chi connectivity index (χ1) is 17.7. The van der Waals surface area contributed by atoms with Crippen molar-refractivity contribution in [2.24, 2.45) is 11.7 Å². The molecule has 0 fully saturated rings. The van der Waals surface area contributed by atoms with Crippen molar-refractivity contribution in [2.45, 2.75) is 51.4 Å². The quantitative estimate of drug-likeness (QED) is 0.135. The zero-order valence-electron chi connectivity index (χ0n) is 21.6. The van der Waals surface area contributed by atoms with Crippen molar-refractivity contribution in [1.29, 1.82) is 0 Å². The van der Waals surface area contributed by atoms with E-state index in [0.717, 1.165) is 37.4 Å². The molecule has 1 aliphatic carbocycles. The molecule has 1 aromatic heterocycles. The Bertz CT molecular complexity index is 1280. The van der Waals surface area contributed by atoms with Crippen LogP contribution < -0.4 is 21.7 Å². The zero-order valence-corrected chi connectivity index (χ0v) is 24.0. The first kappa shape index (κ1) is 27.9. The minimum atomic E-state index is -2.58. The fraction of sp³-hybridized carbons (Fsp3) is 0.429. The van der Waals surface area contributed by atoms with Crippen molar-refractivity contribution in [3.05, 3.63) is 63.8 Å². The van der Waals surface area contributed by atoms with E-state index in [-0.39, 0.29) is 0 Å². The molecule has 198 valence electrons. The smallest absolute Gasteiger partial charge is 0.229 e. The number of rotatable bonds is 10. The van der Waals surface area contributed by atoms with Gasteiger partial charge in [-0.3, -0.25) is 0 Å². The number of aromatic nitrogens is 2. The third-order valence-electron chi connectivity index (χ3n) is 6.96. The summed E-state index contributed by atoms with van der Waals surface area (Å²) in [5.74, 6) is 1.66. The SMILES string of the molecule is CP(C)(=O)c1cc(Cl)ccc1Nc1nc(Nc2ccc3c(c2)CC[C@@H](CCCCCN)CC3)ncc1Cl. The molecule has 0 unspecified atom stereocenters. The van der Waals surface area contributed by atoms with Gasteiger partial charge in [0.05, 0.1) is 11.9 Å². The maximum atomic E-state index is 12.8. The summed E-state index contributed by atoms with van der Waals surface area (Å²) < 4.78 is 12.8. The van der Waals surface area contributed by atoms with E-state index in [4.69, 9.17) is 28.9 Å². The second kappa shape index (κ2) is 12.6. The predicted octanol–water partition coefficient (Wildman–Crippen LogP) is 7.53. The molecule has 1 heterocycles. The Morgan fingerprint density at radius 2 is 1.78 bits per heavy atom. The number of anilines is 4. The molecule has 0 saturated carbocycles. The van der Waals surface area contributed by atoms with Gasteiger partial charge in [0.2, 0.25) is 5.95 Å². The number of hydrogen-bond acceptors (Lipinski definition) is 6. The normalized spacial score (nSPS) is 15.6. The van der Waals surface area contributed by atoms with Gasteiger partial charge in [0, 0.05) is 16.0 Å². The van der Waals surface area contributed by atoms with Crippen molar-refractivity contribution in [1.82, 2.24) is 9.97 Å². The Hall–Kier alpha value is -2.11. The molecular formula is C28H36Cl2N5OP. The van der Waals surface area contributed by atoms with Gasteiger partial charge < -0.3 is 20.9 Å². The van der Waals surface area contributed by atoms with Crippen molar-refractivity contribution in [3.63, 3.8) is 0 Å². The van der Waals surface area contributed by atoms with E-state index in [1.165, 1.54) is 43.2 Å². The lowest BCUT2D eigenvalue weighted by molar-refractivity contribution is 0.411. The van der Waals surface area contributed by atoms with Gasteiger partial charge in [0.25, 0.3) is 0 Å². The number of halogens is 2. The summed E-state index contributed by atoms with van der Waals surface area (Å²) in [4.78, 5) is 8.98. The number of hydrogen-bond donors (Lipinski definition) is 3. The van der Waals surface area contributed by atoms with Gasteiger partial charge in [-0.2, -0.15) is 4.98 Å². The first-order valence-electron chi connectivity index (χ1n) is 13.0. The maximum Gasteiger partial charge on any atom is 0.229 e. The fourth-order valence-corrected chi connectivity index (χ4v) is 6.46. The number of benzene rings is 2. The standard InChI is InChI=1S/C28H36Cl2N5OP/c1-37(2,36)26-17-22(29)12-14-25(26)34-27-24(30)18-32-28(35-27)33-23-13-11-20-9-7-19(6-4-3-5-15-31)8-10-21(20)16-23/h11-14,16-19H,3-10,15,31H2,1-2H3,(H2,32,33,34,35)/t19-/m0/s1. The number of fused-ring (bicyclic) bond motifs is 1. The second-order valence-electron chi connectivity index (χ2n) is 10.2. The molecule has 0 spiro atoms. The summed E-state index contributed by atoms with van der Waals surface area (Å²) >= 11 is 12.6. The van der Waals surface area contributed by atoms with Crippen LogP contribution in [0.15, 0.2) is 42.6 Å². The van der Waals surface area contributed by atoms with Gasteiger partial charge in [0.1, 0.15) is 12.2 Å². The number of nitrogens with zero attached hydrogens (tertiary/aromatic N) is 2. The molecule has 1 atom stereocenters. The Labute approximate surface area is 230 Å². The fourth-order valence-electron chi connectivity index (χ4n) is 4.91. The monoisotopic (exact) mass is 559 g/mol. The minimum Gasteiger partial charge on any atom is -0.338 e. The molecule has 0 bridgehead atoms. The molecule has 9 heteroatoms. The van der Waals surface area contributed by atoms with Gasteiger partial charge in [0.15, 0.2) is 5.82 Å². The van der Waals surface area contributed by atoms with Crippen LogP contribution in [0.3, 0.4) is 0 Å². The predicted molar refractivity (Wildman–Crippen MR) is 158 cm³/mol. The molecular weight excluding hydrogens is 524 g/mol. The van der Waals surface area contributed by atoms with Crippen LogP contribution in [0.25, 0.3) is 0 Å². The lowest BCUT2D eigenvalue weighted by atomic mass is 9.93. The van der Waals surface area contributed by atoms with Crippen molar-refractivity contribution < 1.29 is 4.57 Å². The van der Waals surface area contributed by atoms with E-state index in [1.54, 1.807) is 37.7 Å². The van der Waals surface area contributed by atoms with Crippen LogP contribution in [0.4, 0.5) is 23.1 Å². The number of unbranched alkanes of at least 4 members (excludes halogenated alkanes) is 2. The maximum absolute atomic E-state index is 12.8. The van der Waals surface area contributed by atoms with Crippen LogP contribution in [0.1, 0.15) is 49.7 Å². The lowest BCUT2D eigenvalue weighted by Gasteiger charge is -2.16. The van der Waals surface area contributed by atoms with Crippen LogP contribution in [0.2, 0.25) is 10.0 Å². The molecule has 0 radical (unpaired) electrons. The molecule has 6 nitrogen and oxygen atoms in total. The molecule has 4 N–H and O–H groups in total. The molecule has 0 aliphatic heterocycles. The van der Waals surface area contributed by atoms with Crippen molar-refractivity contribution in [3.8, 4) is 0 Å². The minimum absolute atomic E-state index is 0.368. The Kier molecular flexibility index (Phi) is 9.52. The molecule has 1 aliphatic rings. The summed E-state index contributed by atoms with van der Waals surface area (Å²) in [7, 11) is -2.58. The Morgan fingerprint density at radius 3 is 2.54 bits per heavy atom. The van der Waals surface area contributed by atoms with Gasteiger partial charge >= 0.3 is 0 Å². The lowest BCUT2D eigenvalue weighted by Crippen LogP contribution is -2.11. The zero-order chi connectivity index (χ0) is 26.4. The first-order valence-corrected chi connectivity index (χ1v) is 16.3. The Balaban J connectivity index is 1.46. The van der Waals surface area contributed by atoms with Crippen molar-refractivity contribution >= 4 is 58.8 Å². The van der Waals surface area contributed by atoms with E-state index in [2.05, 4.69) is 38.8 Å². The molecule has 37 heavy (non-hydrogen) atoms. The number of aryl methyl sites for hydroxylation is 2. The van der Waals surface area contributed by atoms with Gasteiger partial charge in [-0.15, -0.1) is 0 Å².